The van der Waals surface area contributed by atoms with Gasteiger partial charge in [-0.05, 0) is 44.0 Å². The second kappa shape index (κ2) is 8.51. The average molecular weight is 256 g/mol. The Kier molecular flexibility index (Phi) is 7.25. The Morgan fingerprint density at radius 1 is 1.12 bits per heavy atom. The van der Waals surface area contributed by atoms with Crippen molar-refractivity contribution in [1.29, 1.82) is 0 Å². The largest absolute Gasteiger partial charge is 0.396 e. The van der Waals surface area contributed by atoms with Crippen molar-refractivity contribution in [1.82, 2.24) is 5.32 Å². The lowest BCUT2D eigenvalue weighted by Gasteiger charge is -2.14. The number of hydrogen-bond acceptors (Lipinski definition) is 2. The fraction of sp³-hybridized carbons (Fsp3) is 0.571. The molecule has 1 unspecified atom stereocenters. The molecule has 0 radical (unpaired) electrons. The predicted octanol–water partition coefficient (Wildman–Crippen LogP) is 3.54. The van der Waals surface area contributed by atoms with Crippen LogP contribution in [0.5, 0.6) is 0 Å². The molecule has 17 heavy (non-hydrogen) atoms. The summed E-state index contributed by atoms with van der Waals surface area (Å²) in [7, 11) is 0. The number of rotatable bonds is 8. The molecular formula is C14H22ClNO. The van der Waals surface area contributed by atoms with E-state index in [1.54, 1.807) is 0 Å². The lowest BCUT2D eigenvalue weighted by atomic mass is 10.1. The van der Waals surface area contributed by atoms with Gasteiger partial charge < -0.3 is 10.4 Å². The second-order valence-electron chi connectivity index (χ2n) is 4.37. The summed E-state index contributed by atoms with van der Waals surface area (Å²) in [6.07, 6.45) is 4.39. The standard InChI is InChI=1S/C14H22ClNO/c1-12(13-6-8-14(15)9-7-13)16-10-4-2-3-5-11-17/h6-9,12,16-17H,2-5,10-11H2,1H3. The van der Waals surface area contributed by atoms with Gasteiger partial charge in [0.15, 0.2) is 0 Å². The van der Waals surface area contributed by atoms with Crippen LogP contribution >= 0.6 is 11.6 Å². The van der Waals surface area contributed by atoms with Gasteiger partial charge >= 0.3 is 0 Å². The van der Waals surface area contributed by atoms with Crippen LogP contribution in [0, 0.1) is 0 Å². The van der Waals surface area contributed by atoms with E-state index in [9.17, 15) is 0 Å². The number of unbranched alkanes of at least 4 members (excludes halogenated alkanes) is 3. The Morgan fingerprint density at radius 3 is 2.41 bits per heavy atom. The molecule has 0 amide bonds. The molecule has 1 aromatic rings. The van der Waals surface area contributed by atoms with Crippen molar-refractivity contribution >= 4 is 11.6 Å². The zero-order valence-electron chi connectivity index (χ0n) is 10.5. The Hall–Kier alpha value is -0.570. The summed E-state index contributed by atoms with van der Waals surface area (Å²) < 4.78 is 0. The van der Waals surface area contributed by atoms with Gasteiger partial charge in [0.2, 0.25) is 0 Å². The molecule has 0 aliphatic heterocycles. The van der Waals surface area contributed by atoms with Crippen LogP contribution in [0.3, 0.4) is 0 Å². The first-order valence-electron chi connectivity index (χ1n) is 6.33. The molecule has 0 bridgehead atoms. The van der Waals surface area contributed by atoms with Crippen LogP contribution in [0.15, 0.2) is 24.3 Å². The number of halogens is 1. The first kappa shape index (κ1) is 14.5. The first-order chi connectivity index (χ1) is 8.24. The average Bonchev–Trinajstić information content (AvgIpc) is 2.34. The van der Waals surface area contributed by atoms with Crippen LogP contribution in [0.25, 0.3) is 0 Å². The van der Waals surface area contributed by atoms with E-state index in [0.717, 1.165) is 30.8 Å². The zero-order valence-corrected chi connectivity index (χ0v) is 11.2. The number of hydrogen-bond donors (Lipinski definition) is 2. The van der Waals surface area contributed by atoms with Gasteiger partial charge in [-0.2, -0.15) is 0 Å². The smallest absolute Gasteiger partial charge is 0.0431 e. The minimum absolute atomic E-state index is 0.314. The zero-order chi connectivity index (χ0) is 12.5. The maximum absolute atomic E-state index is 8.66. The van der Waals surface area contributed by atoms with Gasteiger partial charge in [0.05, 0.1) is 0 Å². The number of aliphatic hydroxyl groups excluding tert-OH is 1. The van der Waals surface area contributed by atoms with Crippen molar-refractivity contribution in [3.63, 3.8) is 0 Å². The highest BCUT2D eigenvalue weighted by atomic mass is 35.5. The summed E-state index contributed by atoms with van der Waals surface area (Å²) in [5, 5.41) is 12.9. The normalized spacial score (nSPS) is 12.6. The van der Waals surface area contributed by atoms with Crippen molar-refractivity contribution in [2.45, 2.75) is 38.6 Å². The molecule has 2 N–H and O–H groups in total. The molecule has 0 aromatic heterocycles. The molecule has 0 saturated carbocycles. The van der Waals surface area contributed by atoms with Crippen molar-refractivity contribution in [3.8, 4) is 0 Å². The third-order valence-corrected chi connectivity index (χ3v) is 3.16. The quantitative estimate of drug-likeness (QED) is 0.697. The fourth-order valence-electron chi connectivity index (χ4n) is 1.78. The van der Waals surface area contributed by atoms with Crippen LogP contribution < -0.4 is 5.32 Å². The SMILES string of the molecule is CC(NCCCCCCO)c1ccc(Cl)cc1. The van der Waals surface area contributed by atoms with Crippen LogP contribution in [-0.2, 0) is 0 Å². The molecule has 0 spiro atoms. The Balaban J connectivity index is 2.16. The van der Waals surface area contributed by atoms with Crippen molar-refractivity contribution < 1.29 is 5.11 Å². The van der Waals surface area contributed by atoms with E-state index >= 15 is 0 Å². The van der Waals surface area contributed by atoms with Crippen LogP contribution in [0.2, 0.25) is 5.02 Å². The van der Waals surface area contributed by atoms with Gasteiger partial charge in [0.25, 0.3) is 0 Å². The lowest BCUT2D eigenvalue weighted by molar-refractivity contribution is 0.282. The number of nitrogens with one attached hydrogen (secondary N) is 1. The van der Waals surface area contributed by atoms with E-state index in [1.807, 2.05) is 12.1 Å². The highest BCUT2D eigenvalue weighted by Crippen LogP contribution is 2.15. The summed E-state index contributed by atoms with van der Waals surface area (Å²) >= 11 is 5.85. The summed E-state index contributed by atoms with van der Waals surface area (Å²) in [6.45, 7) is 3.50. The van der Waals surface area contributed by atoms with Crippen molar-refractivity contribution in [2.75, 3.05) is 13.2 Å². The minimum atomic E-state index is 0.314. The minimum Gasteiger partial charge on any atom is -0.396 e. The first-order valence-corrected chi connectivity index (χ1v) is 6.71. The van der Waals surface area contributed by atoms with Crippen molar-refractivity contribution in [3.05, 3.63) is 34.9 Å². The van der Waals surface area contributed by atoms with E-state index in [2.05, 4.69) is 24.4 Å². The monoisotopic (exact) mass is 255 g/mol. The molecule has 2 nitrogen and oxygen atoms in total. The van der Waals surface area contributed by atoms with E-state index in [0.29, 0.717) is 12.6 Å². The van der Waals surface area contributed by atoms with Gasteiger partial charge in [0, 0.05) is 17.7 Å². The Morgan fingerprint density at radius 2 is 1.76 bits per heavy atom. The third kappa shape index (κ3) is 6.06. The molecule has 0 saturated heterocycles. The van der Waals surface area contributed by atoms with Gasteiger partial charge in [-0.25, -0.2) is 0 Å². The topological polar surface area (TPSA) is 32.3 Å². The van der Waals surface area contributed by atoms with Gasteiger partial charge in [-0.15, -0.1) is 0 Å². The summed E-state index contributed by atoms with van der Waals surface area (Å²) in [6, 6.07) is 8.34. The lowest BCUT2D eigenvalue weighted by Crippen LogP contribution is -2.19. The molecule has 1 atom stereocenters. The maximum atomic E-state index is 8.66. The molecule has 1 rings (SSSR count). The Labute approximate surface area is 109 Å². The van der Waals surface area contributed by atoms with Crippen LogP contribution in [-0.4, -0.2) is 18.3 Å². The van der Waals surface area contributed by atoms with Gasteiger partial charge in [-0.3, -0.25) is 0 Å². The van der Waals surface area contributed by atoms with E-state index in [1.165, 1.54) is 12.0 Å². The molecule has 1 aromatic carbocycles. The summed E-state index contributed by atoms with van der Waals surface area (Å²) in [5.74, 6) is 0. The molecular weight excluding hydrogens is 234 g/mol. The Bertz CT molecular complexity index is 300. The van der Waals surface area contributed by atoms with Gasteiger partial charge in [-0.1, -0.05) is 36.6 Å². The van der Waals surface area contributed by atoms with Crippen LogP contribution in [0.1, 0.15) is 44.2 Å². The molecule has 0 aliphatic rings. The van der Waals surface area contributed by atoms with E-state index in [4.69, 9.17) is 16.7 Å². The molecule has 0 heterocycles. The predicted molar refractivity (Wildman–Crippen MR) is 73.4 cm³/mol. The van der Waals surface area contributed by atoms with Gasteiger partial charge in [0.1, 0.15) is 0 Å². The van der Waals surface area contributed by atoms with Crippen LogP contribution in [0.4, 0.5) is 0 Å². The highest BCUT2D eigenvalue weighted by Gasteiger charge is 2.03. The molecule has 0 fully saturated rings. The van der Waals surface area contributed by atoms with E-state index < -0.39 is 0 Å². The molecule has 0 aliphatic carbocycles. The maximum Gasteiger partial charge on any atom is 0.0431 e. The second-order valence-corrected chi connectivity index (χ2v) is 4.80. The number of benzene rings is 1. The van der Waals surface area contributed by atoms with E-state index in [-0.39, 0.29) is 0 Å². The highest BCUT2D eigenvalue weighted by molar-refractivity contribution is 6.30. The molecule has 3 heteroatoms. The summed E-state index contributed by atoms with van der Waals surface area (Å²) in [4.78, 5) is 0. The number of aliphatic hydroxyl groups is 1. The van der Waals surface area contributed by atoms with Crippen molar-refractivity contribution in [2.24, 2.45) is 0 Å². The molecule has 96 valence electrons. The fourth-order valence-corrected chi connectivity index (χ4v) is 1.90. The summed E-state index contributed by atoms with van der Waals surface area (Å²) in [5.41, 5.74) is 1.27. The third-order valence-electron chi connectivity index (χ3n) is 2.91.